The van der Waals surface area contributed by atoms with Crippen molar-refractivity contribution in [2.24, 2.45) is 0 Å². The lowest BCUT2D eigenvalue weighted by Gasteiger charge is -2.11. The molecule has 3 rings (SSSR count). The van der Waals surface area contributed by atoms with Crippen LogP contribution in [0.4, 0.5) is 0 Å². The van der Waals surface area contributed by atoms with Crippen LogP contribution in [-0.4, -0.2) is 9.79 Å². The molecule has 0 aliphatic carbocycles. The molecule has 3 aromatic carbocycles. The van der Waals surface area contributed by atoms with E-state index in [0.717, 1.165) is 22.3 Å². The molecule has 0 heterocycles. The lowest BCUT2D eigenvalue weighted by atomic mass is 10.0. The van der Waals surface area contributed by atoms with Crippen molar-refractivity contribution < 1.29 is 14.4 Å². The minimum atomic E-state index is -4.39. The Hall–Kier alpha value is -2.45. The highest BCUT2D eigenvalue weighted by molar-refractivity contribution is 7.60. The lowest BCUT2D eigenvalue weighted by molar-refractivity contribution is 0.387. The molecule has 0 fully saturated rings. The van der Waals surface area contributed by atoms with E-state index >= 15 is 0 Å². The van der Waals surface area contributed by atoms with Gasteiger partial charge in [0.1, 0.15) is 0 Å². The highest BCUT2D eigenvalue weighted by atomic mass is 31.2. The topological polar surface area (TPSA) is 57.5 Å². The van der Waals surface area contributed by atoms with Gasteiger partial charge in [-0.25, -0.2) is 0 Å². The highest BCUT2D eigenvalue weighted by Crippen LogP contribution is 2.37. The van der Waals surface area contributed by atoms with Gasteiger partial charge in [-0.2, -0.15) is 0 Å². The van der Waals surface area contributed by atoms with E-state index in [-0.39, 0.29) is 5.30 Å². The summed E-state index contributed by atoms with van der Waals surface area (Å²) in [7, 11) is -4.39. The van der Waals surface area contributed by atoms with Crippen molar-refractivity contribution in [3.63, 3.8) is 0 Å². The summed E-state index contributed by atoms with van der Waals surface area (Å²) in [6.07, 6.45) is 3.59. The van der Waals surface area contributed by atoms with Crippen LogP contribution in [-0.2, 0) is 4.57 Å². The van der Waals surface area contributed by atoms with Crippen molar-refractivity contribution >= 4 is 25.1 Å². The van der Waals surface area contributed by atoms with Crippen LogP contribution in [0, 0.1) is 6.92 Å². The second-order valence-corrected chi connectivity index (χ2v) is 7.50. The molecule has 0 spiro atoms. The summed E-state index contributed by atoms with van der Waals surface area (Å²) in [4.78, 5) is 19.5. The van der Waals surface area contributed by atoms with Gasteiger partial charge in [0.15, 0.2) is 0 Å². The first-order valence-corrected chi connectivity index (χ1v) is 9.55. The molecular weight excluding hydrogens is 331 g/mol. The van der Waals surface area contributed by atoms with Crippen molar-refractivity contribution in [2.45, 2.75) is 6.92 Å². The van der Waals surface area contributed by atoms with Gasteiger partial charge < -0.3 is 9.79 Å². The maximum atomic E-state index is 12.0. The SMILES string of the molecule is Cc1ccc(-c2ccc(/C=C/c3ccccc3)c(P(=O)(O)O)c2)cc1. The van der Waals surface area contributed by atoms with E-state index in [0.29, 0.717) is 5.56 Å². The van der Waals surface area contributed by atoms with E-state index < -0.39 is 7.60 Å². The van der Waals surface area contributed by atoms with Gasteiger partial charge in [-0.05, 0) is 35.2 Å². The standard InChI is InChI=1S/C21H19O3P/c1-16-7-10-18(11-8-16)20-14-13-19(21(15-20)25(22,23)24)12-9-17-5-3-2-4-6-17/h2-15H,1H3,(H2,22,23,24)/b12-9+. The first kappa shape index (κ1) is 17.4. The maximum absolute atomic E-state index is 12.0. The molecule has 3 aromatic rings. The molecule has 0 bridgehead atoms. The predicted octanol–water partition coefficient (Wildman–Crippen LogP) is 4.64. The summed E-state index contributed by atoms with van der Waals surface area (Å²) in [6.45, 7) is 2.00. The van der Waals surface area contributed by atoms with Crippen LogP contribution in [0.3, 0.4) is 0 Å². The molecular formula is C21H19O3P. The van der Waals surface area contributed by atoms with Crippen LogP contribution in [0.2, 0.25) is 0 Å². The average molecular weight is 350 g/mol. The molecule has 0 atom stereocenters. The fraction of sp³-hybridized carbons (Fsp3) is 0.0476. The molecule has 4 heteroatoms. The summed E-state index contributed by atoms with van der Waals surface area (Å²) in [6, 6.07) is 22.7. The van der Waals surface area contributed by atoms with Gasteiger partial charge in [-0.3, -0.25) is 4.57 Å². The third kappa shape index (κ3) is 4.34. The number of aryl methyl sites for hydroxylation is 1. The van der Waals surface area contributed by atoms with Crippen LogP contribution in [0.1, 0.15) is 16.7 Å². The Kier molecular flexibility index (Phi) is 5.00. The normalized spacial score (nSPS) is 11.8. The highest BCUT2D eigenvalue weighted by Gasteiger charge is 2.21. The molecule has 0 saturated heterocycles. The Morgan fingerprint density at radius 1 is 0.800 bits per heavy atom. The summed E-state index contributed by atoms with van der Waals surface area (Å²) in [5.41, 5.74) is 4.35. The molecule has 3 nitrogen and oxygen atoms in total. The van der Waals surface area contributed by atoms with Crippen LogP contribution in [0.15, 0.2) is 72.8 Å². The first-order chi connectivity index (χ1) is 11.9. The Morgan fingerprint density at radius 3 is 2.08 bits per heavy atom. The second-order valence-electron chi connectivity index (χ2n) is 5.93. The molecule has 25 heavy (non-hydrogen) atoms. The van der Waals surface area contributed by atoms with E-state index in [1.807, 2.05) is 73.7 Å². The van der Waals surface area contributed by atoms with Gasteiger partial charge >= 0.3 is 7.60 Å². The predicted molar refractivity (Wildman–Crippen MR) is 104 cm³/mol. The van der Waals surface area contributed by atoms with Crippen LogP contribution < -0.4 is 5.30 Å². The monoisotopic (exact) mass is 350 g/mol. The molecule has 0 radical (unpaired) electrons. The number of hydrogen-bond acceptors (Lipinski definition) is 1. The zero-order chi connectivity index (χ0) is 17.9. The van der Waals surface area contributed by atoms with Crippen molar-refractivity contribution in [1.82, 2.24) is 0 Å². The summed E-state index contributed by atoms with van der Waals surface area (Å²) < 4.78 is 12.0. The molecule has 0 unspecified atom stereocenters. The number of benzene rings is 3. The lowest BCUT2D eigenvalue weighted by Crippen LogP contribution is -2.08. The summed E-state index contributed by atoms with van der Waals surface area (Å²) in [5, 5.41) is 0.0396. The zero-order valence-electron chi connectivity index (χ0n) is 13.8. The van der Waals surface area contributed by atoms with Crippen molar-refractivity contribution in [1.29, 1.82) is 0 Å². The number of hydrogen-bond donors (Lipinski definition) is 2. The van der Waals surface area contributed by atoms with Crippen LogP contribution in [0.5, 0.6) is 0 Å². The summed E-state index contributed by atoms with van der Waals surface area (Å²) in [5.74, 6) is 0. The minimum Gasteiger partial charge on any atom is -0.321 e. The van der Waals surface area contributed by atoms with E-state index in [1.54, 1.807) is 18.2 Å². The summed E-state index contributed by atoms with van der Waals surface area (Å²) >= 11 is 0. The molecule has 0 amide bonds. The molecule has 0 aliphatic heterocycles. The number of rotatable bonds is 4. The Bertz CT molecular complexity index is 939. The quantitative estimate of drug-likeness (QED) is 0.532. The van der Waals surface area contributed by atoms with Crippen LogP contribution >= 0.6 is 7.60 Å². The Morgan fingerprint density at radius 2 is 1.44 bits per heavy atom. The fourth-order valence-electron chi connectivity index (χ4n) is 2.61. The Balaban J connectivity index is 2.03. The van der Waals surface area contributed by atoms with Crippen LogP contribution in [0.25, 0.3) is 23.3 Å². The van der Waals surface area contributed by atoms with Crippen molar-refractivity contribution in [3.8, 4) is 11.1 Å². The van der Waals surface area contributed by atoms with Crippen molar-refractivity contribution in [2.75, 3.05) is 0 Å². The second kappa shape index (κ2) is 7.20. The van der Waals surface area contributed by atoms with Gasteiger partial charge in [0.05, 0.1) is 5.30 Å². The maximum Gasteiger partial charge on any atom is 0.356 e. The molecule has 126 valence electrons. The smallest absolute Gasteiger partial charge is 0.321 e. The zero-order valence-corrected chi connectivity index (χ0v) is 14.7. The van der Waals surface area contributed by atoms with Gasteiger partial charge in [0.25, 0.3) is 0 Å². The fourth-order valence-corrected chi connectivity index (χ4v) is 3.41. The molecule has 0 saturated carbocycles. The molecule has 2 N–H and O–H groups in total. The van der Waals surface area contributed by atoms with Gasteiger partial charge in [-0.15, -0.1) is 0 Å². The first-order valence-electron chi connectivity index (χ1n) is 7.94. The minimum absolute atomic E-state index is 0.0396. The average Bonchev–Trinajstić information content (AvgIpc) is 2.61. The van der Waals surface area contributed by atoms with E-state index in [4.69, 9.17) is 0 Å². The third-order valence-corrected chi connectivity index (χ3v) is 5.00. The molecule has 0 aromatic heterocycles. The Labute approximate surface area is 147 Å². The largest absolute Gasteiger partial charge is 0.356 e. The molecule has 0 aliphatic rings. The van der Waals surface area contributed by atoms with Gasteiger partial charge in [0.2, 0.25) is 0 Å². The van der Waals surface area contributed by atoms with Gasteiger partial charge in [-0.1, -0.05) is 84.4 Å². The van der Waals surface area contributed by atoms with E-state index in [9.17, 15) is 14.4 Å². The van der Waals surface area contributed by atoms with E-state index in [2.05, 4.69) is 0 Å². The van der Waals surface area contributed by atoms with E-state index in [1.165, 1.54) is 0 Å². The van der Waals surface area contributed by atoms with Gasteiger partial charge in [0, 0.05) is 0 Å². The third-order valence-electron chi connectivity index (χ3n) is 3.98. The van der Waals surface area contributed by atoms with Crippen molar-refractivity contribution in [3.05, 3.63) is 89.5 Å².